The second kappa shape index (κ2) is 6.59. The van der Waals surface area contributed by atoms with Crippen LogP contribution in [0.5, 0.6) is 5.75 Å². The molecule has 2 unspecified atom stereocenters. The minimum Gasteiger partial charge on any atom is -0.493 e. The summed E-state index contributed by atoms with van der Waals surface area (Å²) in [6, 6.07) is 9.14. The molecule has 2 N–H and O–H groups in total. The van der Waals surface area contributed by atoms with Gasteiger partial charge in [0.05, 0.1) is 6.61 Å². The maximum Gasteiger partial charge on any atom is 0.119 e. The van der Waals surface area contributed by atoms with Gasteiger partial charge >= 0.3 is 0 Å². The van der Waals surface area contributed by atoms with E-state index in [4.69, 9.17) is 4.74 Å². The largest absolute Gasteiger partial charge is 0.493 e. The van der Waals surface area contributed by atoms with Crippen LogP contribution in [-0.4, -0.2) is 26.2 Å². The molecule has 20 heavy (non-hydrogen) atoms. The van der Waals surface area contributed by atoms with E-state index < -0.39 is 0 Å². The summed E-state index contributed by atoms with van der Waals surface area (Å²) in [6.07, 6.45) is 3.79. The van der Waals surface area contributed by atoms with Crippen molar-refractivity contribution < 1.29 is 4.74 Å². The maximum absolute atomic E-state index is 5.97. The summed E-state index contributed by atoms with van der Waals surface area (Å²) < 4.78 is 5.97. The van der Waals surface area contributed by atoms with Gasteiger partial charge in [-0.1, -0.05) is 19.1 Å². The van der Waals surface area contributed by atoms with Gasteiger partial charge in [-0.2, -0.15) is 0 Å². The molecule has 3 nitrogen and oxygen atoms in total. The van der Waals surface area contributed by atoms with Gasteiger partial charge in [0.2, 0.25) is 0 Å². The second-order valence-corrected chi connectivity index (χ2v) is 6.39. The fourth-order valence-electron chi connectivity index (χ4n) is 3.18. The van der Waals surface area contributed by atoms with Crippen LogP contribution in [0.15, 0.2) is 24.3 Å². The van der Waals surface area contributed by atoms with Crippen LogP contribution in [-0.2, 0) is 0 Å². The molecule has 0 amide bonds. The molecule has 2 heterocycles. The third-order valence-electron chi connectivity index (χ3n) is 4.57. The van der Waals surface area contributed by atoms with Gasteiger partial charge in [0.25, 0.3) is 0 Å². The lowest BCUT2D eigenvalue weighted by molar-refractivity contribution is 0.259. The molecule has 3 heteroatoms. The zero-order valence-electron chi connectivity index (χ0n) is 12.4. The Morgan fingerprint density at radius 2 is 2.15 bits per heavy atom. The predicted molar refractivity (Wildman–Crippen MR) is 82.1 cm³/mol. The number of piperidine rings is 1. The monoisotopic (exact) mass is 274 g/mol. The number of nitrogens with one attached hydrogen (secondary N) is 2. The van der Waals surface area contributed by atoms with E-state index in [2.05, 4.69) is 41.8 Å². The van der Waals surface area contributed by atoms with Crippen LogP contribution in [0.1, 0.15) is 37.8 Å². The van der Waals surface area contributed by atoms with E-state index in [1.54, 1.807) is 0 Å². The Kier molecular flexibility index (Phi) is 4.58. The van der Waals surface area contributed by atoms with Crippen molar-refractivity contribution in [3.63, 3.8) is 0 Å². The van der Waals surface area contributed by atoms with Crippen LogP contribution in [0.4, 0.5) is 0 Å². The summed E-state index contributed by atoms with van der Waals surface area (Å²) >= 11 is 0. The first-order valence-corrected chi connectivity index (χ1v) is 7.98. The van der Waals surface area contributed by atoms with Crippen LogP contribution >= 0.6 is 0 Å². The van der Waals surface area contributed by atoms with Crippen molar-refractivity contribution in [2.75, 3.05) is 26.2 Å². The average molecular weight is 274 g/mol. The highest BCUT2D eigenvalue weighted by atomic mass is 16.5. The van der Waals surface area contributed by atoms with E-state index in [1.165, 1.54) is 24.8 Å². The minimum absolute atomic E-state index is 0.503. The molecule has 0 aromatic heterocycles. The van der Waals surface area contributed by atoms with E-state index in [0.29, 0.717) is 12.0 Å². The summed E-state index contributed by atoms with van der Waals surface area (Å²) in [7, 11) is 0. The second-order valence-electron chi connectivity index (χ2n) is 6.39. The van der Waals surface area contributed by atoms with Gasteiger partial charge in [-0.05, 0) is 56.0 Å². The third-order valence-corrected chi connectivity index (χ3v) is 4.57. The van der Waals surface area contributed by atoms with Crippen molar-refractivity contribution in [1.82, 2.24) is 10.6 Å². The van der Waals surface area contributed by atoms with E-state index in [0.717, 1.165) is 37.9 Å². The number of benzene rings is 1. The molecular formula is C17H26N2O. The normalized spacial score (nSPS) is 30.4. The lowest BCUT2D eigenvalue weighted by atomic mass is 9.92. The quantitative estimate of drug-likeness (QED) is 0.886. The van der Waals surface area contributed by atoms with Gasteiger partial charge in [-0.3, -0.25) is 0 Å². The zero-order valence-corrected chi connectivity index (χ0v) is 12.4. The Morgan fingerprint density at radius 1 is 1.20 bits per heavy atom. The minimum atomic E-state index is 0.503. The highest BCUT2D eigenvalue weighted by molar-refractivity contribution is 5.30. The third kappa shape index (κ3) is 3.53. The molecule has 3 atom stereocenters. The summed E-state index contributed by atoms with van der Waals surface area (Å²) in [5.74, 6) is 2.50. The van der Waals surface area contributed by atoms with Crippen molar-refractivity contribution in [2.45, 2.75) is 32.2 Å². The molecule has 110 valence electrons. The van der Waals surface area contributed by atoms with Crippen molar-refractivity contribution in [3.05, 3.63) is 29.8 Å². The Labute approximate surface area is 122 Å². The smallest absolute Gasteiger partial charge is 0.119 e. The van der Waals surface area contributed by atoms with Gasteiger partial charge in [0, 0.05) is 18.5 Å². The van der Waals surface area contributed by atoms with E-state index in [9.17, 15) is 0 Å². The average Bonchev–Trinajstić information content (AvgIpc) is 3.00. The fourth-order valence-corrected chi connectivity index (χ4v) is 3.18. The molecule has 3 rings (SSSR count). The lowest BCUT2D eigenvalue weighted by Crippen LogP contribution is -2.31. The van der Waals surface area contributed by atoms with Gasteiger partial charge < -0.3 is 15.4 Å². The van der Waals surface area contributed by atoms with Crippen molar-refractivity contribution in [2.24, 2.45) is 11.8 Å². The maximum atomic E-state index is 5.97. The molecular weight excluding hydrogens is 248 g/mol. The fraction of sp³-hybridized carbons (Fsp3) is 0.647. The summed E-state index contributed by atoms with van der Waals surface area (Å²) in [6.45, 7) is 6.52. The Hall–Kier alpha value is -1.06. The van der Waals surface area contributed by atoms with Crippen LogP contribution in [0, 0.1) is 11.8 Å². The van der Waals surface area contributed by atoms with Gasteiger partial charge in [0.15, 0.2) is 0 Å². The standard InChI is InChI=1S/C17H26N2O/c1-13-5-6-17(19-10-13)15-3-2-4-16(9-15)20-12-14-7-8-18-11-14/h2-4,9,13-14,17-19H,5-8,10-12H2,1H3/t13?,14-,17?/m1/s1. The van der Waals surface area contributed by atoms with Crippen molar-refractivity contribution >= 4 is 0 Å². The molecule has 0 aliphatic carbocycles. The Balaban J connectivity index is 1.57. The van der Waals surface area contributed by atoms with Crippen molar-refractivity contribution in [1.29, 1.82) is 0 Å². The van der Waals surface area contributed by atoms with Crippen LogP contribution in [0.2, 0.25) is 0 Å². The molecule has 2 saturated heterocycles. The molecule has 2 aliphatic heterocycles. The highest BCUT2D eigenvalue weighted by Gasteiger charge is 2.19. The van der Waals surface area contributed by atoms with Gasteiger partial charge in [-0.15, -0.1) is 0 Å². The first-order valence-electron chi connectivity index (χ1n) is 7.98. The number of ether oxygens (including phenoxy) is 1. The number of hydrogen-bond acceptors (Lipinski definition) is 3. The van der Waals surface area contributed by atoms with Crippen LogP contribution < -0.4 is 15.4 Å². The number of hydrogen-bond donors (Lipinski definition) is 2. The molecule has 1 aromatic rings. The van der Waals surface area contributed by atoms with E-state index in [-0.39, 0.29) is 0 Å². The molecule has 0 radical (unpaired) electrons. The number of rotatable bonds is 4. The Morgan fingerprint density at radius 3 is 2.90 bits per heavy atom. The SMILES string of the molecule is CC1CCC(c2cccc(OC[C@@H]3CCNC3)c2)NC1. The summed E-state index contributed by atoms with van der Waals surface area (Å²) in [5, 5.41) is 7.03. The lowest BCUT2D eigenvalue weighted by Gasteiger charge is -2.28. The van der Waals surface area contributed by atoms with Gasteiger partial charge in [-0.25, -0.2) is 0 Å². The Bertz CT molecular complexity index is 421. The van der Waals surface area contributed by atoms with Crippen molar-refractivity contribution in [3.8, 4) is 5.75 Å². The van der Waals surface area contributed by atoms with Gasteiger partial charge in [0.1, 0.15) is 5.75 Å². The first kappa shape index (κ1) is 13.9. The summed E-state index contributed by atoms with van der Waals surface area (Å²) in [4.78, 5) is 0. The molecule has 0 bridgehead atoms. The molecule has 1 aromatic carbocycles. The predicted octanol–water partition coefficient (Wildman–Crippen LogP) is 2.74. The molecule has 2 aliphatic rings. The zero-order chi connectivity index (χ0) is 13.8. The van der Waals surface area contributed by atoms with E-state index >= 15 is 0 Å². The topological polar surface area (TPSA) is 33.3 Å². The highest BCUT2D eigenvalue weighted by Crippen LogP contribution is 2.28. The van der Waals surface area contributed by atoms with E-state index in [1.807, 2.05) is 0 Å². The van der Waals surface area contributed by atoms with Crippen LogP contribution in [0.25, 0.3) is 0 Å². The van der Waals surface area contributed by atoms with Crippen LogP contribution in [0.3, 0.4) is 0 Å². The first-order chi connectivity index (χ1) is 9.81. The molecule has 2 fully saturated rings. The molecule has 0 saturated carbocycles. The summed E-state index contributed by atoms with van der Waals surface area (Å²) in [5.41, 5.74) is 1.37. The molecule has 0 spiro atoms.